The highest BCUT2D eigenvalue weighted by Gasteiger charge is 2.15. The molecule has 0 aliphatic heterocycles. The second-order valence-electron chi connectivity index (χ2n) is 5.57. The van der Waals surface area contributed by atoms with E-state index in [9.17, 15) is 8.42 Å². The largest absolute Gasteiger partial charge is 0.219 e. The Bertz CT molecular complexity index is 977. The van der Waals surface area contributed by atoms with Crippen LogP contribution in [0, 0.1) is 6.92 Å². The summed E-state index contributed by atoms with van der Waals surface area (Å²) in [6, 6.07) is 26.1. The number of thioether (sulfide) groups is 1. The molecule has 0 fully saturated rings. The summed E-state index contributed by atoms with van der Waals surface area (Å²) in [5.41, 5.74) is 1.97. The number of benzene rings is 3. The molecule has 0 unspecified atom stereocenters. The molecule has 0 saturated heterocycles. The minimum Gasteiger partial charge on any atom is -0.219 e. The maximum absolute atomic E-state index is 12.8. The summed E-state index contributed by atoms with van der Waals surface area (Å²) in [4.78, 5) is 2.02. The molecule has 3 aromatic rings. The van der Waals surface area contributed by atoms with Crippen molar-refractivity contribution in [3.8, 4) is 0 Å². The molecule has 3 aromatic carbocycles. The van der Waals surface area contributed by atoms with E-state index in [0.29, 0.717) is 9.80 Å². The number of aryl methyl sites for hydroxylation is 1. The van der Waals surface area contributed by atoms with Crippen LogP contribution >= 0.6 is 11.8 Å². The van der Waals surface area contributed by atoms with Crippen LogP contribution in [-0.2, 0) is 9.84 Å². The summed E-state index contributed by atoms with van der Waals surface area (Å²) in [5.74, 6) is 0. The van der Waals surface area contributed by atoms with Crippen LogP contribution in [0.1, 0.15) is 11.1 Å². The van der Waals surface area contributed by atoms with Gasteiger partial charge in [0.05, 0.1) is 10.3 Å². The second-order valence-corrected chi connectivity index (χ2v) is 8.48. The molecule has 0 bridgehead atoms. The van der Waals surface area contributed by atoms with Crippen molar-refractivity contribution in [2.75, 3.05) is 0 Å². The van der Waals surface area contributed by atoms with Crippen LogP contribution in [-0.4, -0.2) is 8.42 Å². The summed E-state index contributed by atoms with van der Waals surface area (Å²) in [7, 11) is -3.53. The molecule has 0 heterocycles. The lowest BCUT2D eigenvalue weighted by atomic mass is 10.1. The fourth-order valence-corrected chi connectivity index (χ4v) is 4.97. The molecule has 25 heavy (non-hydrogen) atoms. The monoisotopic (exact) mass is 366 g/mol. The molecular weight excluding hydrogens is 348 g/mol. The van der Waals surface area contributed by atoms with Crippen LogP contribution in [0.25, 0.3) is 4.91 Å². The third-order valence-corrected chi connectivity index (χ3v) is 6.41. The lowest BCUT2D eigenvalue weighted by Crippen LogP contribution is -1.98. The molecule has 0 spiro atoms. The molecule has 0 aliphatic rings. The highest BCUT2D eigenvalue weighted by atomic mass is 32.2. The SMILES string of the molecule is Cc1ccccc1/C(=C\S(=O)(=O)c1ccccc1)Sc1ccccc1. The zero-order valence-corrected chi connectivity index (χ0v) is 15.4. The third-order valence-electron chi connectivity index (χ3n) is 3.72. The van der Waals surface area contributed by atoms with Crippen LogP contribution in [0.5, 0.6) is 0 Å². The Labute approximate surface area is 153 Å². The van der Waals surface area contributed by atoms with Gasteiger partial charge in [-0.2, -0.15) is 0 Å². The summed E-state index contributed by atoms with van der Waals surface area (Å²) < 4.78 is 25.7. The van der Waals surface area contributed by atoms with Crippen molar-refractivity contribution in [3.63, 3.8) is 0 Å². The highest BCUT2D eigenvalue weighted by molar-refractivity contribution is 8.09. The van der Waals surface area contributed by atoms with E-state index < -0.39 is 9.84 Å². The fraction of sp³-hybridized carbons (Fsp3) is 0.0476. The summed E-state index contributed by atoms with van der Waals surface area (Å²) >= 11 is 1.46. The minimum absolute atomic E-state index is 0.301. The van der Waals surface area contributed by atoms with E-state index in [2.05, 4.69) is 0 Å². The van der Waals surface area contributed by atoms with Gasteiger partial charge in [0.2, 0.25) is 9.84 Å². The lowest BCUT2D eigenvalue weighted by Gasteiger charge is -2.11. The predicted molar refractivity (Wildman–Crippen MR) is 105 cm³/mol. The maximum Gasteiger partial charge on any atom is 0.200 e. The molecule has 126 valence electrons. The molecule has 0 N–H and O–H groups in total. The van der Waals surface area contributed by atoms with Crippen LogP contribution < -0.4 is 0 Å². The molecule has 0 saturated carbocycles. The van der Waals surface area contributed by atoms with Crippen molar-refractivity contribution in [3.05, 3.63) is 101 Å². The number of hydrogen-bond donors (Lipinski definition) is 0. The molecule has 0 atom stereocenters. The summed E-state index contributed by atoms with van der Waals surface area (Å²) in [6.45, 7) is 1.99. The molecule has 0 aliphatic carbocycles. The van der Waals surface area contributed by atoms with Crippen LogP contribution in [0.3, 0.4) is 0 Å². The maximum atomic E-state index is 12.8. The molecule has 3 rings (SSSR count). The van der Waals surface area contributed by atoms with Gasteiger partial charge in [0.15, 0.2) is 0 Å². The van der Waals surface area contributed by atoms with E-state index in [1.165, 1.54) is 17.2 Å². The van der Waals surface area contributed by atoms with Crippen molar-refractivity contribution in [2.45, 2.75) is 16.7 Å². The van der Waals surface area contributed by atoms with Gasteiger partial charge in [0, 0.05) is 9.80 Å². The fourth-order valence-electron chi connectivity index (χ4n) is 2.43. The van der Waals surface area contributed by atoms with Crippen molar-refractivity contribution < 1.29 is 8.42 Å². The first kappa shape index (κ1) is 17.5. The van der Waals surface area contributed by atoms with Gasteiger partial charge in [-0.15, -0.1) is 0 Å². The van der Waals surface area contributed by atoms with Crippen LogP contribution in [0.2, 0.25) is 0 Å². The first-order valence-corrected chi connectivity index (χ1v) is 10.2. The Morgan fingerprint density at radius 2 is 1.36 bits per heavy atom. The summed E-state index contributed by atoms with van der Waals surface area (Å²) in [6.07, 6.45) is 0. The van der Waals surface area contributed by atoms with Gasteiger partial charge in [-0.1, -0.05) is 72.4 Å². The Morgan fingerprint density at radius 1 is 0.800 bits per heavy atom. The minimum atomic E-state index is -3.53. The number of rotatable bonds is 5. The van der Waals surface area contributed by atoms with Crippen LogP contribution in [0.15, 0.2) is 100 Å². The van der Waals surface area contributed by atoms with Crippen molar-refractivity contribution >= 4 is 26.5 Å². The van der Waals surface area contributed by atoms with Crippen molar-refractivity contribution in [1.82, 2.24) is 0 Å². The summed E-state index contributed by atoms with van der Waals surface area (Å²) in [5, 5.41) is 1.38. The molecular formula is C21H18O2S2. The highest BCUT2D eigenvalue weighted by Crippen LogP contribution is 2.37. The van der Waals surface area contributed by atoms with E-state index in [0.717, 1.165) is 16.0 Å². The van der Waals surface area contributed by atoms with Gasteiger partial charge in [0.1, 0.15) is 0 Å². The zero-order chi connectivity index (χ0) is 17.7. The Hall–Kier alpha value is -2.30. The van der Waals surface area contributed by atoms with Gasteiger partial charge < -0.3 is 0 Å². The van der Waals surface area contributed by atoms with Crippen LogP contribution in [0.4, 0.5) is 0 Å². The normalized spacial score (nSPS) is 12.1. The Morgan fingerprint density at radius 3 is 2.00 bits per heavy atom. The Kier molecular flexibility index (Phi) is 5.41. The topological polar surface area (TPSA) is 34.1 Å². The van der Waals surface area contributed by atoms with Gasteiger partial charge in [-0.05, 0) is 42.3 Å². The van der Waals surface area contributed by atoms with Gasteiger partial charge >= 0.3 is 0 Å². The smallest absolute Gasteiger partial charge is 0.200 e. The van der Waals surface area contributed by atoms with Gasteiger partial charge in [-0.3, -0.25) is 0 Å². The Balaban J connectivity index is 2.09. The average molecular weight is 367 g/mol. The van der Waals surface area contributed by atoms with Gasteiger partial charge in [0.25, 0.3) is 0 Å². The number of hydrogen-bond acceptors (Lipinski definition) is 3. The first-order chi connectivity index (χ1) is 12.1. The predicted octanol–water partition coefficient (Wildman–Crippen LogP) is 5.56. The average Bonchev–Trinajstić information content (AvgIpc) is 2.63. The van der Waals surface area contributed by atoms with E-state index in [1.807, 2.05) is 67.6 Å². The van der Waals surface area contributed by atoms with Crippen molar-refractivity contribution in [2.24, 2.45) is 0 Å². The van der Waals surface area contributed by atoms with E-state index in [-0.39, 0.29) is 0 Å². The standard InChI is InChI=1S/C21H18O2S2/c1-17-10-8-9-15-20(17)21(24-18-11-4-2-5-12-18)16-25(22,23)19-13-6-3-7-14-19/h2-16H,1H3/b21-16+. The van der Waals surface area contributed by atoms with E-state index >= 15 is 0 Å². The second kappa shape index (κ2) is 7.72. The molecule has 0 radical (unpaired) electrons. The zero-order valence-electron chi connectivity index (χ0n) is 13.8. The van der Waals surface area contributed by atoms with Gasteiger partial charge in [-0.25, -0.2) is 8.42 Å². The molecule has 4 heteroatoms. The molecule has 0 aromatic heterocycles. The number of sulfone groups is 1. The van der Waals surface area contributed by atoms with Crippen molar-refractivity contribution in [1.29, 1.82) is 0 Å². The third kappa shape index (κ3) is 4.41. The molecule has 2 nitrogen and oxygen atoms in total. The quantitative estimate of drug-likeness (QED) is 0.554. The van der Waals surface area contributed by atoms with E-state index in [4.69, 9.17) is 0 Å². The van der Waals surface area contributed by atoms with E-state index in [1.54, 1.807) is 24.3 Å². The first-order valence-electron chi connectivity index (χ1n) is 7.87. The molecule has 0 amide bonds. The lowest BCUT2D eigenvalue weighted by molar-refractivity contribution is 0.605.